The van der Waals surface area contributed by atoms with Gasteiger partial charge in [-0.25, -0.2) is 0 Å². The number of piperidine rings is 2. The highest BCUT2D eigenvalue weighted by Gasteiger charge is 2.25. The van der Waals surface area contributed by atoms with E-state index in [1.165, 1.54) is 49.9 Å². The lowest BCUT2D eigenvalue weighted by molar-refractivity contribution is -0.113. The van der Waals surface area contributed by atoms with Crippen molar-refractivity contribution in [3.05, 3.63) is 70.8 Å². The van der Waals surface area contributed by atoms with Gasteiger partial charge in [0.05, 0.1) is 0 Å². The molecule has 178 valence electrons. The van der Waals surface area contributed by atoms with E-state index < -0.39 is 0 Å². The van der Waals surface area contributed by atoms with E-state index in [4.69, 9.17) is 0 Å². The van der Waals surface area contributed by atoms with E-state index in [0.29, 0.717) is 5.92 Å². The van der Waals surface area contributed by atoms with Crippen LogP contribution in [0.25, 0.3) is 12.2 Å². The molecule has 5 rings (SSSR count). The number of benzene rings is 2. The van der Waals surface area contributed by atoms with E-state index in [2.05, 4.69) is 77.4 Å². The summed E-state index contributed by atoms with van der Waals surface area (Å²) < 4.78 is 0. The monoisotopic (exact) mass is 454 g/mol. The van der Waals surface area contributed by atoms with Crippen molar-refractivity contribution in [2.24, 2.45) is 5.92 Å². The molecule has 0 radical (unpaired) electrons. The van der Waals surface area contributed by atoms with E-state index in [9.17, 15) is 4.79 Å². The summed E-state index contributed by atoms with van der Waals surface area (Å²) in [7, 11) is 0. The van der Waals surface area contributed by atoms with Crippen LogP contribution in [-0.4, -0.2) is 32.0 Å². The minimum Gasteiger partial charge on any atom is -0.372 e. The molecule has 34 heavy (non-hydrogen) atoms. The first-order chi connectivity index (χ1) is 16.7. The Bertz CT molecular complexity index is 952. The fraction of sp³-hybridized carbons (Fsp3) is 0.452. The van der Waals surface area contributed by atoms with Crippen LogP contribution in [0, 0.1) is 5.92 Å². The summed E-state index contributed by atoms with van der Waals surface area (Å²) in [6.45, 7) is 6.88. The number of nitrogens with zero attached hydrogens (tertiary/aromatic N) is 2. The van der Waals surface area contributed by atoms with Gasteiger partial charge in [0.1, 0.15) is 0 Å². The molecule has 0 spiro atoms. The summed E-state index contributed by atoms with van der Waals surface area (Å²) in [6.07, 6.45) is 13.8. The van der Waals surface area contributed by atoms with Gasteiger partial charge in [-0.15, -0.1) is 0 Å². The van der Waals surface area contributed by atoms with Gasteiger partial charge < -0.3 is 9.80 Å². The van der Waals surface area contributed by atoms with Gasteiger partial charge in [-0.2, -0.15) is 0 Å². The predicted octanol–water partition coefficient (Wildman–Crippen LogP) is 7.13. The number of rotatable bonds is 4. The van der Waals surface area contributed by atoms with Crippen LogP contribution in [-0.2, 0) is 4.79 Å². The van der Waals surface area contributed by atoms with E-state index in [0.717, 1.165) is 61.3 Å². The molecule has 0 atom stereocenters. The van der Waals surface area contributed by atoms with Gasteiger partial charge in [-0.3, -0.25) is 4.79 Å². The highest BCUT2D eigenvalue weighted by Crippen LogP contribution is 2.33. The zero-order chi connectivity index (χ0) is 23.3. The molecule has 3 nitrogen and oxygen atoms in total. The average Bonchev–Trinajstić information content (AvgIpc) is 2.89. The molecule has 3 fully saturated rings. The number of carbonyl (C=O) groups excluding carboxylic acids is 1. The molecular weight excluding hydrogens is 416 g/mol. The molecule has 0 unspecified atom stereocenters. The SMILES string of the molecule is CC1CC(=Cc2ccc(N3CCCCC3)cc2)C(=O)C(=Cc2ccc(N3CCCCC3)cc2)C1. The van der Waals surface area contributed by atoms with Gasteiger partial charge in [0.2, 0.25) is 0 Å². The summed E-state index contributed by atoms with van der Waals surface area (Å²) in [5.41, 5.74) is 6.76. The largest absolute Gasteiger partial charge is 0.372 e. The Morgan fingerprint density at radius 2 is 1.00 bits per heavy atom. The third-order valence-electron chi connectivity index (χ3n) is 7.63. The highest BCUT2D eigenvalue weighted by atomic mass is 16.1. The fourth-order valence-electron chi connectivity index (χ4n) is 5.73. The molecule has 0 bridgehead atoms. The summed E-state index contributed by atoms with van der Waals surface area (Å²) in [5.74, 6) is 0.703. The van der Waals surface area contributed by atoms with Crippen LogP contribution in [0.1, 0.15) is 69.4 Å². The third-order valence-corrected chi connectivity index (χ3v) is 7.63. The maximum absolute atomic E-state index is 13.4. The van der Waals surface area contributed by atoms with Crippen LogP contribution in [0.2, 0.25) is 0 Å². The molecular formula is C31H38N2O. The molecule has 1 saturated carbocycles. The third kappa shape index (κ3) is 5.46. The van der Waals surface area contributed by atoms with Crippen molar-refractivity contribution in [1.82, 2.24) is 0 Å². The van der Waals surface area contributed by atoms with E-state index in [-0.39, 0.29) is 5.78 Å². The maximum atomic E-state index is 13.4. The Morgan fingerprint density at radius 1 is 0.618 bits per heavy atom. The van der Waals surface area contributed by atoms with E-state index in [1.807, 2.05) is 0 Å². The number of ketones is 1. The number of hydrogen-bond acceptors (Lipinski definition) is 3. The first kappa shape index (κ1) is 23.0. The maximum Gasteiger partial charge on any atom is 0.185 e. The van der Waals surface area contributed by atoms with Gasteiger partial charge in [-0.05, 0) is 105 Å². The normalized spacial score (nSPS) is 24.1. The Morgan fingerprint density at radius 3 is 1.38 bits per heavy atom. The summed E-state index contributed by atoms with van der Waals surface area (Å²) in [4.78, 5) is 18.3. The smallest absolute Gasteiger partial charge is 0.185 e. The Kier molecular flexibility index (Phi) is 7.18. The van der Waals surface area contributed by atoms with Crippen molar-refractivity contribution in [2.45, 2.75) is 58.3 Å². The van der Waals surface area contributed by atoms with Crippen LogP contribution in [0.4, 0.5) is 11.4 Å². The van der Waals surface area contributed by atoms with Crippen LogP contribution >= 0.6 is 0 Å². The molecule has 3 aliphatic rings. The standard InChI is InChI=1S/C31H38N2O/c1-24-20-27(22-25-8-12-29(13-9-25)32-16-4-2-5-17-32)31(34)28(21-24)23-26-10-14-30(15-11-26)33-18-6-3-7-19-33/h8-15,22-24H,2-7,16-21H2,1H3. The number of Topliss-reactive ketones (excluding diaryl/α,β-unsaturated/α-hetero) is 1. The molecule has 2 aromatic carbocycles. The second-order valence-electron chi connectivity index (χ2n) is 10.5. The number of anilines is 2. The summed E-state index contributed by atoms with van der Waals surface area (Å²) in [5, 5.41) is 0. The number of allylic oxidation sites excluding steroid dienone is 2. The quantitative estimate of drug-likeness (QED) is 0.459. The average molecular weight is 455 g/mol. The van der Waals surface area contributed by atoms with Gasteiger partial charge in [-0.1, -0.05) is 31.2 Å². The Hall–Kier alpha value is -2.81. The van der Waals surface area contributed by atoms with Crippen molar-refractivity contribution in [1.29, 1.82) is 0 Å². The molecule has 1 aliphatic carbocycles. The zero-order valence-corrected chi connectivity index (χ0v) is 20.6. The summed E-state index contributed by atoms with van der Waals surface area (Å²) in [6, 6.07) is 17.6. The molecule has 2 saturated heterocycles. The van der Waals surface area contributed by atoms with Crippen molar-refractivity contribution < 1.29 is 4.79 Å². The summed E-state index contributed by atoms with van der Waals surface area (Å²) >= 11 is 0. The Labute approximate surface area is 205 Å². The van der Waals surface area contributed by atoms with Gasteiger partial charge >= 0.3 is 0 Å². The van der Waals surface area contributed by atoms with Crippen molar-refractivity contribution in [3.8, 4) is 0 Å². The molecule has 0 N–H and O–H groups in total. The molecule has 0 aromatic heterocycles. The lowest BCUT2D eigenvalue weighted by atomic mass is 9.81. The molecule has 2 heterocycles. The van der Waals surface area contributed by atoms with Gasteiger partial charge in [0.25, 0.3) is 0 Å². The van der Waals surface area contributed by atoms with E-state index >= 15 is 0 Å². The lowest BCUT2D eigenvalue weighted by Gasteiger charge is -2.29. The van der Waals surface area contributed by atoms with E-state index in [1.54, 1.807) is 0 Å². The number of carbonyl (C=O) groups is 1. The minimum atomic E-state index is 0.221. The molecule has 3 heteroatoms. The molecule has 2 aromatic rings. The second kappa shape index (κ2) is 10.6. The first-order valence-electron chi connectivity index (χ1n) is 13.3. The first-order valence-corrected chi connectivity index (χ1v) is 13.3. The highest BCUT2D eigenvalue weighted by molar-refractivity contribution is 6.14. The topological polar surface area (TPSA) is 23.6 Å². The Balaban J connectivity index is 1.30. The lowest BCUT2D eigenvalue weighted by Crippen LogP contribution is -2.29. The van der Waals surface area contributed by atoms with Gasteiger partial charge in [0.15, 0.2) is 5.78 Å². The zero-order valence-electron chi connectivity index (χ0n) is 20.6. The number of hydrogen-bond donors (Lipinski definition) is 0. The van der Waals surface area contributed by atoms with Crippen LogP contribution in [0.3, 0.4) is 0 Å². The molecule has 0 amide bonds. The van der Waals surface area contributed by atoms with Crippen molar-refractivity contribution >= 4 is 29.3 Å². The predicted molar refractivity (Wildman–Crippen MR) is 144 cm³/mol. The van der Waals surface area contributed by atoms with Crippen LogP contribution in [0.15, 0.2) is 59.7 Å². The fourth-order valence-corrected chi connectivity index (χ4v) is 5.73. The van der Waals surface area contributed by atoms with Crippen molar-refractivity contribution in [2.75, 3.05) is 36.0 Å². The minimum absolute atomic E-state index is 0.221. The van der Waals surface area contributed by atoms with Crippen molar-refractivity contribution in [3.63, 3.8) is 0 Å². The van der Waals surface area contributed by atoms with Gasteiger partial charge in [0, 0.05) is 48.7 Å². The molecule has 2 aliphatic heterocycles. The second-order valence-corrected chi connectivity index (χ2v) is 10.5. The van der Waals surface area contributed by atoms with Crippen LogP contribution in [0.5, 0.6) is 0 Å². The van der Waals surface area contributed by atoms with Crippen LogP contribution < -0.4 is 9.80 Å².